The van der Waals surface area contributed by atoms with Crippen LogP contribution >= 0.6 is 11.6 Å². The molecular weight excluding hydrogens is 252 g/mol. The molecule has 1 aliphatic heterocycles. The van der Waals surface area contributed by atoms with Crippen LogP contribution in [0.25, 0.3) is 0 Å². The highest BCUT2D eigenvalue weighted by Gasteiger charge is 2.16. The molecule has 0 bridgehead atoms. The molecule has 0 aliphatic carbocycles. The van der Waals surface area contributed by atoms with Gasteiger partial charge in [-0.15, -0.1) is 0 Å². The minimum absolute atomic E-state index is 0.152. The van der Waals surface area contributed by atoms with Crippen LogP contribution in [0.3, 0.4) is 0 Å². The fraction of sp³-hybridized carbons (Fsp3) is 0.615. The van der Waals surface area contributed by atoms with Gasteiger partial charge in [0.2, 0.25) is 5.22 Å². The Bertz CT molecular complexity index is 397. The molecule has 0 radical (unpaired) electrons. The Hall–Kier alpha value is -1.00. The molecule has 2 heterocycles. The van der Waals surface area contributed by atoms with Crippen LogP contribution in [0.2, 0.25) is 5.22 Å². The summed E-state index contributed by atoms with van der Waals surface area (Å²) in [6, 6.07) is 1.58. The molecule has 1 N–H and O–H groups in total. The fourth-order valence-corrected chi connectivity index (χ4v) is 2.36. The van der Waals surface area contributed by atoms with Crippen molar-refractivity contribution in [3.8, 4) is 0 Å². The minimum atomic E-state index is -0.167. The normalized spacial score (nSPS) is 17.9. The first-order valence-electron chi connectivity index (χ1n) is 6.40. The van der Waals surface area contributed by atoms with E-state index in [1.54, 1.807) is 6.07 Å². The highest BCUT2D eigenvalue weighted by molar-refractivity contribution is 6.32. The summed E-state index contributed by atoms with van der Waals surface area (Å²) in [5.41, 5.74) is 0.406. The Morgan fingerprint density at radius 1 is 1.56 bits per heavy atom. The zero-order valence-electron chi connectivity index (χ0n) is 10.6. The molecule has 1 amide bonds. The minimum Gasteiger partial charge on any atom is -0.452 e. The topological polar surface area (TPSA) is 45.5 Å². The van der Waals surface area contributed by atoms with Crippen molar-refractivity contribution in [1.29, 1.82) is 0 Å². The molecule has 5 heteroatoms. The average Bonchev–Trinajstić information content (AvgIpc) is 2.78. The van der Waals surface area contributed by atoms with Gasteiger partial charge in [-0.2, -0.15) is 0 Å². The van der Waals surface area contributed by atoms with Crippen molar-refractivity contribution in [2.75, 3.05) is 26.2 Å². The molecule has 0 atom stereocenters. The number of carbonyl (C=O) groups is 1. The molecule has 0 aromatic carbocycles. The molecular formula is C13H19ClN2O2. The predicted octanol–water partition coefficient (Wildman–Crippen LogP) is 2.39. The van der Waals surface area contributed by atoms with Gasteiger partial charge in [-0.25, -0.2) is 0 Å². The lowest BCUT2D eigenvalue weighted by Crippen LogP contribution is -2.39. The number of hydrogen-bond acceptors (Lipinski definition) is 3. The molecule has 0 unspecified atom stereocenters. The van der Waals surface area contributed by atoms with Crippen LogP contribution in [0.5, 0.6) is 0 Å². The zero-order chi connectivity index (χ0) is 13.0. The quantitative estimate of drug-likeness (QED) is 0.914. The molecule has 1 aromatic rings. The van der Waals surface area contributed by atoms with E-state index in [0.717, 1.165) is 25.6 Å². The van der Waals surface area contributed by atoms with Crippen LogP contribution in [0, 0.1) is 5.92 Å². The summed E-state index contributed by atoms with van der Waals surface area (Å²) in [7, 11) is 0. The predicted molar refractivity (Wildman–Crippen MR) is 70.9 cm³/mol. The van der Waals surface area contributed by atoms with E-state index in [0.29, 0.717) is 12.1 Å². The van der Waals surface area contributed by atoms with Gasteiger partial charge in [-0.05, 0) is 49.5 Å². The van der Waals surface area contributed by atoms with E-state index >= 15 is 0 Å². The second-order valence-corrected chi connectivity index (χ2v) is 5.23. The Morgan fingerprint density at radius 2 is 2.28 bits per heavy atom. The number of hydrogen-bond donors (Lipinski definition) is 1. The lowest BCUT2D eigenvalue weighted by Gasteiger charge is -2.30. The first-order chi connectivity index (χ1) is 8.66. The largest absolute Gasteiger partial charge is 0.452 e. The second kappa shape index (κ2) is 6.25. The van der Waals surface area contributed by atoms with Gasteiger partial charge in [0, 0.05) is 13.1 Å². The van der Waals surface area contributed by atoms with E-state index in [-0.39, 0.29) is 11.1 Å². The highest BCUT2D eigenvalue weighted by Crippen LogP contribution is 2.16. The van der Waals surface area contributed by atoms with Crippen LogP contribution in [-0.4, -0.2) is 37.0 Å². The maximum Gasteiger partial charge on any atom is 0.256 e. The number of rotatable bonds is 4. The third-order valence-electron chi connectivity index (χ3n) is 3.45. The summed E-state index contributed by atoms with van der Waals surface area (Å²) >= 11 is 5.74. The molecule has 4 nitrogen and oxygen atoms in total. The Labute approximate surface area is 112 Å². The summed E-state index contributed by atoms with van der Waals surface area (Å²) in [6.07, 6.45) is 3.92. The van der Waals surface area contributed by atoms with E-state index in [1.807, 2.05) is 0 Å². The van der Waals surface area contributed by atoms with Crippen LogP contribution in [0.4, 0.5) is 0 Å². The van der Waals surface area contributed by atoms with Crippen LogP contribution in [0.1, 0.15) is 30.1 Å². The standard InChI is InChI=1S/C13H19ClN2O2/c1-10-2-6-16(7-3-10)8-5-15-13(17)11-4-9-18-12(11)14/h4,9-10H,2-3,5-8H2,1H3,(H,15,17). The zero-order valence-corrected chi connectivity index (χ0v) is 11.4. The van der Waals surface area contributed by atoms with Crippen molar-refractivity contribution < 1.29 is 9.21 Å². The number of piperidine rings is 1. The van der Waals surface area contributed by atoms with Crippen LogP contribution in [-0.2, 0) is 0 Å². The van der Waals surface area contributed by atoms with Gasteiger partial charge in [0.25, 0.3) is 5.91 Å². The molecule has 1 fully saturated rings. The van der Waals surface area contributed by atoms with Gasteiger partial charge in [0.15, 0.2) is 0 Å². The van der Waals surface area contributed by atoms with Gasteiger partial charge in [0.05, 0.1) is 11.8 Å². The van der Waals surface area contributed by atoms with Crippen molar-refractivity contribution in [3.05, 3.63) is 23.1 Å². The molecule has 100 valence electrons. The van der Waals surface area contributed by atoms with Gasteiger partial charge in [0.1, 0.15) is 0 Å². The summed E-state index contributed by atoms with van der Waals surface area (Å²) in [5, 5.41) is 3.01. The second-order valence-electron chi connectivity index (χ2n) is 4.89. The summed E-state index contributed by atoms with van der Waals surface area (Å²) < 4.78 is 4.89. The lowest BCUT2D eigenvalue weighted by molar-refractivity contribution is 0.0944. The van der Waals surface area contributed by atoms with Crippen molar-refractivity contribution in [3.63, 3.8) is 0 Å². The third-order valence-corrected chi connectivity index (χ3v) is 3.75. The van der Waals surface area contributed by atoms with Gasteiger partial charge < -0.3 is 14.6 Å². The smallest absolute Gasteiger partial charge is 0.256 e. The van der Waals surface area contributed by atoms with Gasteiger partial charge in [-0.1, -0.05) is 6.92 Å². The van der Waals surface area contributed by atoms with E-state index in [9.17, 15) is 4.79 Å². The maximum absolute atomic E-state index is 11.7. The Balaban J connectivity index is 1.69. The monoisotopic (exact) mass is 270 g/mol. The molecule has 1 aliphatic rings. The van der Waals surface area contributed by atoms with Crippen LogP contribution in [0.15, 0.2) is 16.7 Å². The number of nitrogens with zero attached hydrogens (tertiary/aromatic N) is 1. The molecule has 0 spiro atoms. The number of halogens is 1. The van der Waals surface area contributed by atoms with Crippen molar-refractivity contribution in [2.45, 2.75) is 19.8 Å². The number of carbonyl (C=O) groups excluding carboxylic acids is 1. The summed E-state index contributed by atoms with van der Waals surface area (Å²) in [6.45, 7) is 6.09. The number of furan rings is 1. The maximum atomic E-state index is 11.7. The first-order valence-corrected chi connectivity index (χ1v) is 6.78. The summed E-state index contributed by atoms with van der Waals surface area (Å²) in [4.78, 5) is 14.1. The highest BCUT2D eigenvalue weighted by atomic mass is 35.5. The molecule has 1 saturated heterocycles. The van der Waals surface area contributed by atoms with Crippen molar-refractivity contribution in [2.24, 2.45) is 5.92 Å². The Morgan fingerprint density at radius 3 is 2.89 bits per heavy atom. The number of nitrogens with one attached hydrogen (secondary N) is 1. The summed E-state index contributed by atoms with van der Waals surface area (Å²) in [5.74, 6) is 0.666. The number of likely N-dealkylation sites (tertiary alicyclic amines) is 1. The van der Waals surface area contributed by atoms with E-state index < -0.39 is 0 Å². The van der Waals surface area contributed by atoms with Crippen LogP contribution < -0.4 is 5.32 Å². The van der Waals surface area contributed by atoms with Crippen molar-refractivity contribution >= 4 is 17.5 Å². The van der Waals surface area contributed by atoms with E-state index in [2.05, 4.69) is 17.1 Å². The average molecular weight is 271 g/mol. The SMILES string of the molecule is CC1CCN(CCNC(=O)c2ccoc2Cl)CC1. The van der Waals surface area contributed by atoms with E-state index in [4.69, 9.17) is 16.0 Å². The molecule has 0 saturated carbocycles. The lowest BCUT2D eigenvalue weighted by atomic mass is 9.99. The number of amides is 1. The molecule has 2 rings (SSSR count). The van der Waals surface area contributed by atoms with Gasteiger partial charge >= 0.3 is 0 Å². The van der Waals surface area contributed by atoms with Gasteiger partial charge in [-0.3, -0.25) is 4.79 Å². The molecule has 1 aromatic heterocycles. The third kappa shape index (κ3) is 3.50. The van der Waals surface area contributed by atoms with E-state index in [1.165, 1.54) is 19.1 Å². The molecule has 18 heavy (non-hydrogen) atoms. The Kier molecular flexibility index (Phi) is 4.66. The van der Waals surface area contributed by atoms with Crippen molar-refractivity contribution in [1.82, 2.24) is 10.2 Å². The first kappa shape index (κ1) is 13.4. The fourth-order valence-electron chi connectivity index (χ4n) is 2.16.